The van der Waals surface area contributed by atoms with Crippen molar-refractivity contribution in [3.8, 4) is 0 Å². The van der Waals surface area contributed by atoms with Gasteiger partial charge in [-0.1, -0.05) is 41.4 Å². The van der Waals surface area contributed by atoms with Crippen LogP contribution in [-0.2, 0) is 16.8 Å². The van der Waals surface area contributed by atoms with E-state index in [0.29, 0.717) is 11.4 Å². The number of carbonyl (C=O) groups is 1. The average molecular weight is 279 g/mol. The van der Waals surface area contributed by atoms with E-state index in [-0.39, 0.29) is 0 Å². The number of aliphatic carboxylic acids is 1. The lowest BCUT2D eigenvalue weighted by Gasteiger charge is -2.25. The molecular formula is C14H15ClN2O2. The van der Waals surface area contributed by atoms with E-state index in [1.54, 1.807) is 6.92 Å². The molecule has 1 unspecified atom stereocenters. The van der Waals surface area contributed by atoms with Gasteiger partial charge in [0.1, 0.15) is 0 Å². The van der Waals surface area contributed by atoms with Crippen molar-refractivity contribution in [1.29, 1.82) is 0 Å². The predicted molar refractivity (Wildman–Crippen MR) is 73.4 cm³/mol. The second-order valence-electron chi connectivity index (χ2n) is 4.85. The van der Waals surface area contributed by atoms with E-state index < -0.39 is 11.5 Å². The van der Waals surface area contributed by atoms with Gasteiger partial charge in [0.05, 0.1) is 11.2 Å². The Morgan fingerprint density at radius 1 is 1.53 bits per heavy atom. The van der Waals surface area contributed by atoms with E-state index in [4.69, 9.17) is 11.6 Å². The molecule has 2 aromatic rings. The van der Waals surface area contributed by atoms with Crippen molar-refractivity contribution in [3.05, 3.63) is 52.8 Å². The minimum absolute atomic E-state index is 0.349. The summed E-state index contributed by atoms with van der Waals surface area (Å²) in [5.74, 6) is -0.936. The molecule has 0 aliphatic rings. The van der Waals surface area contributed by atoms with E-state index in [2.05, 4.69) is 5.10 Å². The quantitative estimate of drug-likeness (QED) is 0.936. The maximum atomic E-state index is 11.6. The molecule has 0 bridgehead atoms. The van der Waals surface area contributed by atoms with E-state index in [1.807, 2.05) is 31.2 Å². The van der Waals surface area contributed by atoms with Crippen LogP contribution >= 0.6 is 11.6 Å². The molecule has 1 aromatic carbocycles. The number of hydrogen-bond acceptors (Lipinski definition) is 2. The molecule has 0 fully saturated rings. The summed E-state index contributed by atoms with van der Waals surface area (Å²) < 4.78 is 1.40. The van der Waals surface area contributed by atoms with E-state index in [0.717, 1.165) is 11.1 Å². The van der Waals surface area contributed by atoms with E-state index in [9.17, 15) is 9.90 Å². The van der Waals surface area contributed by atoms with Crippen LogP contribution < -0.4 is 0 Å². The molecular weight excluding hydrogens is 264 g/mol. The van der Waals surface area contributed by atoms with Gasteiger partial charge in [0.2, 0.25) is 0 Å². The fourth-order valence-corrected chi connectivity index (χ4v) is 2.18. The van der Waals surface area contributed by atoms with Gasteiger partial charge in [-0.15, -0.1) is 0 Å². The molecule has 0 radical (unpaired) electrons. The summed E-state index contributed by atoms with van der Waals surface area (Å²) in [5, 5.41) is 14.0. The molecule has 1 N–H and O–H groups in total. The highest BCUT2D eigenvalue weighted by molar-refractivity contribution is 6.30. The Morgan fingerprint density at radius 2 is 2.26 bits per heavy atom. The van der Waals surface area contributed by atoms with Crippen molar-refractivity contribution in [2.24, 2.45) is 0 Å². The zero-order valence-electron chi connectivity index (χ0n) is 10.8. The van der Waals surface area contributed by atoms with Crippen LogP contribution in [0, 0.1) is 6.92 Å². The van der Waals surface area contributed by atoms with Gasteiger partial charge in [0.25, 0.3) is 0 Å². The topological polar surface area (TPSA) is 55.1 Å². The Labute approximate surface area is 116 Å². The summed E-state index contributed by atoms with van der Waals surface area (Å²) in [6, 6.07) is 7.79. The smallest absolute Gasteiger partial charge is 0.331 e. The first-order chi connectivity index (χ1) is 8.91. The molecule has 0 spiro atoms. The Hall–Kier alpha value is -1.81. The number of carboxylic acid groups (broad SMARTS) is 1. The first-order valence-corrected chi connectivity index (χ1v) is 6.29. The second kappa shape index (κ2) is 5.05. The van der Waals surface area contributed by atoms with Gasteiger partial charge in [0.15, 0.2) is 5.54 Å². The minimum atomic E-state index is -1.15. The standard InChI is InChI=1S/C14H15ClN2O2/c1-10-4-3-5-11(6-10)7-14(2,13(18)19)17-9-12(15)8-16-17/h3-6,8-9H,7H2,1-2H3,(H,18,19). The van der Waals surface area contributed by atoms with E-state index >= 15 is 0 Å². The van der Waals surface area contributed by atoms with Crippen molar-refractivity contribution in [1.82, 2.24) is 9.78 Å². The fourth-order valence-electron chi connectivity index (χ4n) is 2.04. The first-order valence-electron chi connectivity index (χ1n) is 5.91. The lowest BCUT2D eigenvalue weighted by Crippen LogP contribution is -2.41. The molecule has 4 nitrogen and oxygen atoms in total. The maximum Gasteiger partial charge on any atom is 0.331 e. The second-order valence-corrected chi connectivity index (χ2v) is 5.28. The Kier molecular flexibility index (Phi) is 3.62. The van der Waals surface area contributed by atoms with Gasteiger partial charge in [-0.05, 0) is 19.4 Å². The largest absolute Gasteiger partial charge is 0.479 e. The zero-order chi connectivity index (χ0) is 14.0. The molecule has 5 heteroatoms. The number of aryl methyl sites for hydroxylation is 1. The number of carboxylic acids is 1. The minimum Gasteiger partial charge on any atom is -0.479 e. The van der Waals surface area contributed by atoms with Crippen LogP contribution in [0.4, 0.5) is 0 Å². The van der Waals surface area contributed by atoms with Crippen molar-refractivity contribution < 1.29 is 9.90 Å². The highest BCUT2D eigenvalue weighted by Crippen LogP contribution is 2.24. The Balaban J connectivity index is 2.38. The van der Waals surface area contributed by atoms with Gasteiger partial charge in [0, 0.05) is 12.6 Å². The Morgan fingerprint density at radius 3 is 2.79 bits per heavy atom. The number of benzene rings is 1. The van der Waals surface area contributed by atoms with Crippen molar-refractivity contribution in [3.63, 3.8) is 0 Å². The lowest BCUT2D eigenvalue weighted by atomic mass is 9.92. The van der Waals surface area contributed by atoms with Gasteiger partial charge in [-0.3, -0.25) is 4.68 Å². The van der Waals surface area contributed by atoms with Gasteiger partial charge < -0.3 is 5.11 Å². The molecule has 1 heterocycles. The summed E-state index contributed by atoms with van der Waals surface area (Å²) in [7, 11) is 0. The highest BCUT2D eigenvalue weighted by Gasteiger charge is 2.36. The number of hydrogen-bond donors (Lipinski definition) is 1. The third kappa shape index (κ3) is 2.79. The number of rotatable bonds is 4. The van der Waals surface area contributed by atoms with Crippen LogP contribution in [0.15, 0.2) is 36.7 Å². The molecule has 1 atom stereocenters. The molecule has 2 rings (SSSR count). The van der Waals surface area contributed by atoms with Crippen molar-refractivity contribution in [2.75, 3.05) is 0 Å². The zero-order valence-corrected chi connectivity index (χ0v) is 11.6. The van der Waals surface area contributed by atoms with Gasteiger partial charge in [-0.2, -0.15) is 5.10 Å². The predicted octanol–water partition coefficient (Wildman–Crippen LogP) is 2.89. The summed E-state index contributed by atoms with van der Waals surface area (Å²) in [6.45, 7) is 3.62. The third-order valence-electron chi connectivity index (χ3n) is 3.15. The third-order valence-corrected chi connectivity index (χ3v) is 3.34. The van der Waals surface area contributed by atoms with E-state index in [1.165, 1.54) is 17.1 Å². The maximum absolute atomic E-state index is 11.6. The molecule has 0 saturated carbocycles. The molecule has 0 aliphatic carbocycles. The fraction of sp³-hybridized carbons (Fsp3) is 0.286. The monoisotopic (exact) mass is 278 g/mol. The van der Waals surface area contributed by atoms with Crippen LogP contribution in [0.2, 0.25) is 5.02 Å². The van der Waals surface area contributed by atoms with Gasteiger partial charge in [-0.25, -0.2) is 4.79 Å². The molecule has 0 saturated heterocycles. The highest BCUT2D eigenvalue weighted by atomic mass is 35.5. The molecule has 19 heavy (non-hydrogen) atoms. The molecule has 0 aliphatic heterocycles. The van der Waals surface area contributed by atoms with Crippen LogP contribution in [-0.4, -0.2) is 20.9 Å². The van der Waals surface area contributed by atoms with Gasteiger partial charge >= 0.3 is 5.97 Å². The summed E-state index contributed by atoms with van der Waals surface area (Å²) in [6.07, 6.45) is 3.33. The van der Waals surface area contributed by atoms with Crippen molar-refractivity contribution >= 4 is 17.6 Å². The van der Waals surface area contributed by atoms with Crippen molar-refractivity contribution in [2.45, 2.75) is 25.8 Å². The SMILES string of the molecule is Cc1cccc(CC(C)(C(=O)O)n2cc(Cl)cn2)c1. The number of nitrogens with zero attached hydrogens (tertiary/aromatic N) is 2. The Bertz CT molecular complexity index is 609. The van der Waals surface area contributed by atoms with Crippen LogP contribution in [0.1, 0.15) is 18.1 Å². The first kappa shape index (κ1) is 13.6. The van der Waals surface area contributed by atoms with Crippen LogP contribution in [0.25, 0.3) is 0 Å². The summed E-state index contributed by atoms with van der Waals surface area (Å²) in [5.41, 5.74) is 0.904. The lowest BCUT2D eigenvalue weighted by molar-refractivity contribution is -0.147. The molecule has 0 amide bonds. The summed E-state index contributed by atoms with van der Waals surface area (Å²) >= 11 is 5.82. The molecule has 1 aromatic heterocycles. The van der Waals surface area contributed by atoms with Crippen LogP contribution in [0.5, 0.6) is 0 Å². The molecule has 100 valence electrons. The summed E-state index contributed by atoms with van der Waals surface area (Å²) in [4.78, 5) is 11.6. The number of halogens is 1. The number of aromatic nitrogens is 2. The van der Waals surface area contributed by atoms with Crippen LogP contribution in [0.3, 0.4) is 0 Å². The average Bonchev–Trinajstić information content (AvgIpc) is 2.76. The normalized spacial score (nSPS) is 14.1.